The van der Waals surface area contributed by atoms with Crippen molar-refractivity contribution in [3.05, 3.63) is 29.8 Å². The normalized spacial score (nSPS) is 15.8. The van der Waals surface area contributed by atoms with Crippen LogP contribution in [0.1, 0.15) is 24.8 Å². The van der Waals surface area contributed by atoms with Crippen molar-refractivity contribution < 1.29 is 27.5 Å². The van der Waals surface area contributed by atoms with Gasteiger partial charge in [-0.05, 0) is 37.0 Å². The zero-order valence-corrected chi connectivity index (χ0v) is 13.9. The van der Waals surface area contributed by atoms with Gasteiger partial charge in [0.05, 0.1) is 7.11 Å². The smallest absolute Gasteiger partial charge is 0.471 e. The maximum Gasteiger partial charge on any atom is 0.471 e. The molecule has 1 aromatic carbocycles. The molecule has 0 aromatic heterocycles. The lowest BCUT2D eigenvalue weighted by Gasteiger charge is -2.32. The SMILES string of the molecule is COc1ccc(CCC(=O)NC2CCN(C(=O)C(F)(F)F)CC2)cc1. The zero-order valence-electron chi connectivity index (χ0n) is 13.9. The third kappa shape index (κ3) is 5.65. The average molecular weight is 358 g/mol. The van der Waals surface area contributed by atoms with Gasteiger partial charge < -0.3 is 15.0 Å². The molecule has 8 heteroatoms. The lowest BCUT2D eigenvalue weighted by molar-refractivity contribution is -0.186. The van der Waals surface area contributed by atoms with Crippen molar-refractivity contribution in [2.24, 2.45) is 0 Å². The second-order valence-electron chi connectivity index (χ2n) is 5.98. The van der Waals surface area contributed by atoms with Gasteiger partial charge in [-0.2, -0.15) is 13.2 Å². The molecule has 1 aliphatic heterocycles. The van der Waals surface area contributed by atoms with Crippen molar-refractivity contribution in [3.63, 3.8) is 0 Å². The molecule has 5 nitrogen and oxygen atoms in total. The van der Waals surface area contributed by atoms with Crippen molar-refractivity contribution >= 4 is 11.8 Å². The molecule has 138 valence electrons. The summed E-state index contributed by atoms with van der Waals surface area (Å²) in [6.07, 6.45) is -3.31. The molecule has 1 heterocycles. The number of hydrogen-bond acceptors (Lipinski definition) is 3. The number of alkyl halides is 3. The molecule has 1 N–H and O–H groups in total. The predicted molar refractivity (Wildman–Crippen MR) is 85.1 cm³/mol. The number of amides is 2. The molecule has 1 fully saturated rings. The average Bonchev–Trinajstić information content (AvgIpc) is 2.59. The Labute approximate surface area is 144 Å². The molecule has 1 aromatic rings. The number of rotatable bonds is 5. The fraction of sp³-hybridized carbons (Fsp3) is 0.529. The number of likely N-dealkylation sites (tertiary alicyclic amines) is 1. The topological polar surface area (TPSA) is 58.6 Å². The van der Waals surface area contributed by atoms with Crippen LogP contribution in [0.15, 0.2) is 24.3 Å². The molecule has 1 aliphatic rings. The Kier molecular flexibility index (Phi) is 6.27. The van der Waals surface area contributed by atoms with Crippen LogP contribution in [0.5, 0.6) is 5.75 Å². The lowest BCUT2D eigenvalue weighted by Crippen LogP contribution is -2.50. The van der Waals surface area contributed by atoms with Gasteiger partial charge in [0.1, 0.15) is 5.75 Å². The first-order valence-corrected chi connectivity index (χ1v) is 8.08. The van der Waals surface area contributed by atoms with Crippen molar-refractivity contribution in [1.82, 2.24) is 10.2 Å². The van der Waals surface area contributed by atoms with Crippen LogP contribution in [0.25, 0.3) is 0 Å². The van der Waals surface area contributed by atoms with Gasteiger partial charge in [-0.1, -0.05) is 12.1 Å². The van der Waals surface area contributed by atoms with E-state index in [2.05, 4.69) is 5.32 Å². The van der Waals surface area contributed by atoms with Crippen LogP contribution < -0.4 is 10.1 Å². The van der Waals surface area contributed by atoms with Gasteiger partial charge in [0.15, 0.2) is 0 Å². The highest BCUT2D eigenvalue weighted by Crippen LogP contribution is 2.21. The quantitative estimate of drug-likeness (QED) is 0.879. The Balaban J connectivity index is 1.72. The summed E-state index contributed by atoms with van der Waals surface area (Å²) in [5, 5.41) is 2.83. The number of hydrogen-bond donors (Lipinski definition) is 1. The summed E-state index contributed by atoms with van der Waals surface area (Å²) < 4.78 is 42.2. The third-order valence-corrected chi connectivity index (χ3v) is 4.19. The van der Waals surface area contributed by atoms with Crippen LogP contribution >= 0.6 is 0 Å². The highest BCUT2D eigenvalue weighted by atomic mass is 19.4. The molecule has 0 spiro atoms. The summed E-state index contributed by atoms with van der Waals surface area (Å²) in [5.41, 5.74) is 1.00. The maximum atomic E-state index is 12.4. The summed E-state index contributed by atoms with van der Waals surface area (Å²) in [6.45, 7) is 0.00351. The monoisotopic (exact) mass is 358 g/mol. The number of aryl methyl sites for hydroxylation is 1. The Hall–Kier alpha value is -2.25. The van der Waals surface area contributed by atoms with E-state index in [1.165, 1.54) is 0 Å². The van der Waals surface area contributed by atoms with Crippen molar-refractivity contribution in [3.8, 4) is 5.75 Å². The number of piperidine rings is 1. The first-order valence-electron chi connectivity index (χ1n) is 8.08. The van der Waals surface area contributed by atoms with Crippen LogP contribution in [0.2, 0.25) is 0 Å². The summed E-state index contributed by atoms with van der Waals surface area (Å²) in [5.74, 6) is -1.21. The molecule has 2 amide bonds. The zero-order chi connectivity index (χ0) is 18.4. The van der Waals surface area contributed by atoms with Gasteiger partial charge in [0.2, 0.25) is 5.91 Å². The van der Waals surface area contributed by atoms with E-state index < -0.39 is 12.1 Å². The second kappa shape index (κ2) is 8.22. The van der Waals surface area contributed by atoms with Crippen LogP contribution in [-0.4, -0.2) is 49.1 Å². The fourth-order valence-corrected chi connectivity index (χ4v) is 2.76. The van der Waals surface area contributed by atoms with Crippen molar-refractivity contribution in [2.75, 3.05) is 20.2 Å². The lowest BCUT2D eigenvalue weighted by atomic mass is 10.0. The van der Waals surface area contributed by atoms with E-state index >= 15 is 0 Å². The van der Waals surface area contributed by atoms with E-state index in [4.69, 9.17) is 4.74 Å². The van der Waals surface area contributed by atoms with E-state index in [1.807, 2.05) is 24.3 Å². The Morgan fingerprint density at radius 2 is 1.80 bits per heavy atom. The molecule has 1 saturated heterocycles. The molecule has 0 saturated carbocycles. The highest BCUT2D eigenvalue weighted by molar-refractivity contribution is 5.82. The van der Waals surface area contributed by atoms with Gasteiger partial charge >= 0.3 is 12.1 Å². The standard InChI is InChI=1S/C17H21F3N2O3/c1-25-14-5-2-12(3-6-14)4-7-15(23)21-13-8-10-22(11-9-13)16(24)17(18,19)20/h2-3,5-6,13H,4,7-11H2,1H3,(H,21,23). The van der Waals surface area contributed by atoms with Crippen LogP contribution in [-0.2, 0) is 16.0 Å². The summed E-state index contributed by atoms with van der Waals surface area (Å²) in [6, 6.07) is 7.21. The molecule has 2 rings (SSSR count). The molecule has 0 unspecified atom stereocenters. The summed E-state index contributed by atoms with van der Waals surface area (Å²) in [4.78, 5) is 23.9. The maximum absolute atomic E-state index is 12.4. The van der Waals surface area contributed by atoms with E-state index in [-0.39, 0.29) is 25.0 Å². The van der Waals surface area contributed by atoms with Gasteiger partial charge in [0, 0.05) is 25.6 Å². The summed E-state index contributed by atoms with van der Waals surface area (Å²) in [7, 11) is 1.58. The molecular weight excluding hydrogens is 337 g/mol. The number of benzene rings is 1. The number of methoxy groups -OCH3 is 1. The van der Waals surface area contributed by atoms with E-state index in [1.54, 1.807) is 7.11 Å². The minimum absolute atomic E-state index is 0.00176. The minimum Gasteiger partial charge on any atom is -0.497 e. The molecule has 0 atom stereocenters. The second-order valence-corrected chi connectivity index (χ2v) is 5.98. The summed E-state index contributed by atoms with van der Waals surface area (Å²) >= 11 is 0. The number of carbonyl (C=O) groups excluding carboxylic acids is 2. The molecule has 0 bridgehead atoms. The van der Waals surface area contributed by atoms with Crippen molar-refractivity contribution in [1.29, 1.82) is 0 Å². The van der Waals surface area contributed by atoms with Crippen molar-refractivity contribution in [2.45, 2.75) is 37.9 Å². The minimum atomic E-state index is -4.84. The number of nitrogens with zero attached hydrogens (tertiary/aromatic N) is 1. The molecule has 0 aliphatic carbocycles. The molecule has 0 radical (unpaired) electrons. The van der Waals surface area contributed by atoms with E-state index in [0.717, 1.165) is 16.2 Å². The predicted octanol–water partition coefficient (Wildman–Crippen LogP) is 2.30. The third-order valence-electron chi connectivity index (χ3n) is 4.19. The Morgan fingerprint density at radius 1 is 1.20 bits per heavy atom. The first kappa shape index (κ1) is 19.1. The Morgan fingerprint density at radius 3 is 2.32 bits per heavy atom. The van der Waals surface area contributed by atoms with Gasteiger partial charge in [-0.3, -0.25) is 9.59 Å². The highest BCUT2D eigenvalue weighted by Gasteiger charge is 2.43. The largest absolute Gasteiger partial charge is 0.497 e. The van der Waals surface area contributed by atoms with Crippen LogP contribution in [0.3, 0.4) is 0 Å². The Bertz CT molecular complexity index is 594. The fourth-order valence-electron chi connectivity index (χ4n) is 2.76. The van der Waals surface area contributed by atoms with E-state index in [9.17, 15) is 22.8 Å². The molecular formula is C17H21F3N2O3. The van der Waals surface area contributed by atoms with Gasteiger partial charge in [-0.25, -0.2) is 0 Å². The van der Waals surface area contributed by atoms with Crippen LogP contribution in [0.4, 0.5) is 13.2 Å². The van der Waals surface area contributed by atoms with Crippen LogP contribution in [0, 0.1) is 0 Å². The number of ether oxygens (including phenoxy) is 1. The first-order chi connectivity index (χ1) is 11.8. The number of nitrogens with one attached hydrogen (secondary N) is 1. The van der Waals surface area contributed by atoms with Gasteiger partial charge in [0.25, 0.3) is 0 Å². The van der Waals surface area contributed by atoms with E-state index in [0.29, 0.717) is 25.7 Å². The number of halogens is 3. The molecule has 25 heavy (non-hydrogen) atoms. The van der Waals surface area contributed by atoms with Gasteiger partial charge in [-0.15, -0.1) is 0 Å². The number of carbonyl (C=O) groups is 2.